The molecule has 0 aromatic heterocycles. The van der Waals surface area contributed by atoms with Crippen LogP contribution in [0.5, 0.6) is 0 Å². The van der Waals surface area contributed by atoms with Gasteiger partial charge in [-0.2, -0.15) is 0 Å². The van der Waals surface area contributed by atoms with Gasteiger partial charge in [-0.05, 0) is 61.6 Å². The van der Waals surface area contributed by atoms with Crippen LogP contribution in [0.1, 0.15) is 29.5 Å². The van der Waals surface area contributed by atoms with Gasteiger partial charge in [-0.1, -0.05) is 41.6 Å². The summed E-state index contributed by atoms with van der Waals surface area (Å²) < 4.78 is 0. The molecule has 0 aliphatic heterocycles. The third-order valence-corrected chi connectivity index (χ3v) is 5.39. The third kappa shape index (κ3) is 4.03. The minimum absolute atomic E-state index is 0.729. The maximum absolute atomic E-state index is 6.45. The number of hydrogen-bond donors (Lipinski definition) is 1. The van der Waals surface area contributed by atoms with Crippen LogP contribution in [0.4, 0.5) is 0 Å². The first-order chi connectivity index (χ1) is 10.1. The van der Waals surface area contributed by atoms with Crippen molar-refractivity contribution in [2.45, 2.75) is 49.1 Å². The molecule has 3 rings (SSSR count). The Bertz CT molecular complexity index is 650. The molecule has 1 nitrogen and oxygen atoms in total. The topological polar surface area (TPSA) is 12.0 Å². The van der Waals surface area contributed by atoms with E-state index in [0.717, 1.165) is 22.5 Å². The summed E-state index contributed by atoms with van der Waals surface area (Å²) in [4.78, 5) is 2.40. The molecule has 2 aromatic rings. The molecule has 0 heterocycles. The largest absolute Gasteiger partial charge is 0.310 e. The fourth-order valence-electron chi connectivity index (χ4n) is 2.22. The van der Waals surface area contributed by atoms with Crippen molar-refractivity contribution in [2.24, 2.45) is 0 Å². The maximum atomic E-state index is 6.45. The number of aryl methyl sites for hydroxylation is 2. The molecular weight excluding hydrogens is 298 g/mol. The first-order valence-electron chi connectivity index (χ1n) is 7.39. The molecule has 1 N–H and O–H groups in total. The Morgan fingerprint density at radius 3 is 2.62 bits per heavy atom. The summed E-state index contributed by atoms with van der Waals surface area (Å²) in [7, 11) is 0. The molecule has 0 bridgehead atoms. The molecule has 110 valence electrons. The van der Waals surface area contributed by atoms with Gasteiger partial charge in [0.15, 0.2) is 0 Å². The quantitative estimate of drug-likeness (QED) is 0.796. The maximum Gasteiger partial charge on any atom is 0.0548 e. The zero-order valence-electron chi connectivity index (χ0n) is 12.4. The normalized spacial score (nSPS) is 14.4. The second-order valence-electron chi connectivity index (χ2n) is 5.79. The average molecular weight is 318 g/mol. The summed E-state index contributed by atoms with van der Waals surface area (Å²) in [6, 6.07) is 13.7. The summed E-state index contributed by atoms with van der Waals surface area (Å²) >= 11 is 8.20. The van der Waals surface area contributed by atoms with E-state index < -0.39 is 0 Å². The average Bonchev–Trinajstić information content (AvgIpc) is 3.27. The standard InChI is InChI=1S/C18H20ClNS/c1-12-3-4-13(2)18(9-12)21-17-8-5-14(10-16(17)19)11-20-15-6-7-15/h3-5,8-10,15,20H,6-7,11H2,1-2H3. The SMILES string of the molecule is Cc1ccc(C)c(Sc2ccc(CNC3CC3)cc2Cl)c1. The van der Waals surface area contributed by atoms with Gasteiger partial charge in [-0.25, -0.2) is 0 Å². The predicted octanol–water partition coefficient (Wildman–Crippen LogP) is 5.36. The molecule has 0 atom stereocenters. The number of benzene rings is 2. The highest BCUT2D eigenvalue weighted by Crippen LogP contribution is 2.36. The number of nitrogens with one attached hydrogen (secondary N) is 1. The molecule has 3 heteroatoms. The second-order valence-corrected chi connectivity index (χ2v) is 7.28. The fraction of sp³-hybridized carbons (Fsp3) is 0.333. The number of hydrogen-bond acceptors (Lipinski definition) is 2. The van der Waals surface area contributed by atoms with Gasteiger partial charge in [-0.3, -0.25) is 0 Å². The lowest BCUT2D eigenvalue weighted by atomic mass is 10.2. The van der Waals surface area contributed by atoms with Crippen LogP contribution < -0.4 is 5.32 Å². The van der Waals surface area contributed by atoms with Crippen molar-refractivity contribution in [2.75, 3.05) is 0 Å². The molecule has 0 spiro atoms. The molecule has 0 unspecified atom stereocenters. The zero-order chi connectivity index (χ0) is 14.8. The minimum Gasteiger partial charge on any atom is -0.310 e. The lowest BCUT2D eigenvalue weighted by Gasteiger charge is -2.10. The lowest BCUT2D eigenvalue weighted by Crippen LogP contribution is -2.15. The van der Waals surface area contributed by atoms with E-state index in [1.165, 1.54) is 34.4 Å². The summed E-state index contributed by atoms with van der Waals surface area (Å²) in [5.41, 5.74) is 3.84. The first kappa shape index (κ1) is 15.0. The van der Waals surface area contributed by atoms with Crippen molar-refractivity contribution >= 4 is 23.4 Å². The van der Waals surface area contributed by atoms with Crippen LogP contribution in [0.15, 0.2) is 46.2 Å². The van der Waals surface area contributed by atoms with Crippen molar-refractivity contribution in [3.63, 3.8) is 0 Å². The molecule has 1 aliphatic carbocycles. The van der Waals surface area contributed by atoms with E-state index in [4.69, 9.17) is 11.6 Å². The first-order valence-corrected chi connectivity index (χ1v) is 8.58. The molecule has 0 saturated heterocycles. The monoisotopic (exact) mass is 317 g/mol. The lowest BCUT2D eigenvalue weighted by molar-refractivity contribution is 0.687. The highest BCUT2D eigenvalue weighted by atomic mass is 35.5. The Balaban J connectivity index is 1.74. The molecule has 1 fully saturated rings. The van der Waals surface area contributed by atoms with Crippen molar-refractivity contribution in [3.8, 4) is 0 Å². The van der Waals surface area contributed by atoms with E-state index in [0.29, 0.717) is 0 Å². The minimum atomic E-state index is 0.729. The van der Waals surface area contributed by atoms with Crippen molar-refractivity contribution in [3.05, 3.63) is 58.1 Å². The van der Waals surface area contributed by atoms with Gasteiger partial charge in [-0.15, -0.1) is 0 Å². The number of rotatable bonds is 5. The van der Waals surface area contributed by atoms with Gasteiger partial charge in [0, 0.05) is 22.4 Å². The second kappa shape index (κ2) is 6.43. The van der Waals surface area contributed by atoms with E-state index in [1.54, 1.807) is 11.8 Å². The van der Waals surface area contributed by atoms with E-state index in [-0.39, 0.29) is 0 Å². The zero-order valence-corrected chi connectivity index (χ0v) is 14.0. The molecule has 1 saturated carbocycles. The van der Waals surface area contributed by atoms with Crippen LogP contribution in [0.25, 0.3) is 0 Å². The van der Waals surface area contributed by atoms with Gasteiger partial charge in [0.2, 0.25) is 0 Å². The summed E-state index contributed by atoms with van der Waals surface area (Å²) in [5.74, 6) is 0. The van der Waals surface area contributed by atoms with Gasteiger partial charge >= 0.3 is 0 Å². The van der Waals surface area contributed by atoms with E-state index >= 15 is 0 Å². The van der Waals surface area contributed by atoms with Crippen molar-refractivity contribution in [1.29, 1.82) is 0 Å². The molecule has 21 heavy (non-hydrogen) atoms. The Hall–Kier alpha value is -0.960. The molecule has 0 radical (unpaired) electrons. The van der Waals surface area contributed by atoms with E-state index in [2.05, 4.69) is 55.6 Å². The Morgan fingerprint density at radius 1 is 1.10 bits per heavy atom. The molecule has 2 aromatic carbocycles. The smallest absolute Gasteiger partial charge is 0.0548 e. The van der Waals surface area contributed by atoms with Gasteiger partial charge in [0.25, 0.3) is 0 Å². The van der Waals surface area contributed by atoms with Crippen LogP contribution in [0, 0.1) is 13.8 Å². The Morgan fingerprint density at radius 2 is 1.90 bits per heavy atom. The van der Waals surface area contributed by atoms with Crippen LogP contribution in [0.2, 0.25) is 5.02 Å². The van der Waals surface area contributed by atoms with E-state index in [1.807, 2.05) is 0 Å². The fourth-order valence-corrected chi connectivity index (χ4v) is 3.54. The highest BCUT2D eigenvalue weighted by Gasteiger charge is 2.20. The van der Waals surface area contributed by atoms with Gasteiger partial charge in [0.1, 0.15) is 0 Å². The van der Waals surface area contributed by atoms with Crippen LogP contribution in [-0.2, 0) is 6.54 Å². The third-order valence-electron chi connectivity index (χ3n) is 3.73. The molecule has 0 amide bonds. The summed E-state index contributed by atoms with van der Waals surface area (Å²) in [5, 5.41) is 4.36. The predicted molar refractivity (Wildman–Crippen MR) is 91.4 cm³/mol. The van der Waals surface area contributed by atoms with Gasteiger partial charge in [0.05, 0.1) is 5.02 Å². The molecule has 1 aliphatic rings. The van der Waals surface area contributed by atoms with Crippen LogP contribution >= 0.6 is 23.4 Å². The Kier molecular flexibility index (Phi) is 4.58. The molecular formula is C18H20ClNS. The van der Waals surface area contributed by atoms with Crippen LogP contribution in [-0.4, -0.2) is 6.04 Å². The van der Waals surface area contributed by atoms with Crippen molar-refractivity contribution in [1.82, 2.24) is 5.32 Å². The van der Waals surface area contributed by atoms with Gasteiger partial charge < -0.3 is 5.32 Å². The number of halogens is 1. The van der Waals surface area contributed by atoms with E-state index in [9.17, 15) is 0 Å². The summed E-state index contributed by atoms with van der Waals surface area (Å²) in [6.07, 6.45) is 2.63. The summed E-state index contributed by atoms with van der Waals surface area (Å²) in [6.45, 7) is 5.18. The highest BCUT2D eigenvalue weighted by molar-refractivity contribution is 7.99. The van der Waals surface area contributed by atoms with Crippen LogP contribution in [0.3, 0.4) is 0 Å². The van der Waals surface area contributed by atoms with Crippen molar-refractivity contribution < 1.29 is 0 Å². The Labute approximate surface area is 136 Å².